The van der Waals surface area contributed by atoms with Crippen LogP contribution in [0, 0.1) is 0 Å². The van der Waals surface area contributed by atoms with Crippen LogP contribution in [-0.2, 0) is 0 Å². The van der Waals surface area contributed by atoms with Crippen LogP contribution in [0.3, 0.4) is 0 Å². The van der Waals surface area contributed by atoms with Gasteiger partial charge in [0, 0.05) is 12.2 Å². The van der Waals surface area contributed by atoms with Crippen molar-refractivity contribution in [3.05, 3.63) is 30.1 Å². The molecule has 0 bridgehead atoms. The number of rotatable bonds is 6. The van der Waals surface area contributed by atoms with E-state index < -0.39 is 0 Å². The first kappa shape index (κ1) is 11.1. The van der Waals surface area contributed by atoms with E-state index >= 15 is 0 Å². The Morgan fingerprint density at radius 1 is 1.43 bits per heavy atom. The van der Waals surface area contributed by atoms with Crippen molar-refractivity contribution in [3.8, 4) is 0 Å². The molecule has 0 amide bonds. The molecule has 1 aromatic rings. The average Bonchev–Trinajstić information content (AvgIpc) is 2.25. The predicted octanol–water partition coefficient (Wildman–Crippen LogP) is 1.47. The molecule has 0 spiro atoms. The number of pyridine rings is 1. The second-order valence-corrected chi connectivity index (χ2v) is 3.43. The molecule has 0 saturated carbocycles. The molecule has 0 fully saturated rings. The molecule has 0 radical (unpaired) electrons. The molecule has 0 aliphatic carbocycles. The van der Waals surface area contributed by atoms with Crippen LogP contribution in [-0.4, -0.2) is 18.1 Å². The molecule has 3 N–H and O–H groups in total. The molecule has 0 aliphatic heterocycles. The molecular formula is C11H19N3. The molecule has 14 heavy (non-hydrogen) atoms. The van der Waals surface area contributed by atoms with Gasteiger partial charge in [-0.2, -0.15) is 0 Å². The number of hydrogen-bond acceptors (Lipinski definition) is 3. The van der Waals surface area contributed by atoms with Gasteiger partial charge >= 0.3 is 0 Å². The lowest BCUT2D eigenvalue weighted by molar-refractivity contribution is 0.539. The summed E-state index contributed by atoms with van der Waals surface area (Å²) in [6.45, 7) is 3.92. The van der Waals surface area contributed by atoms with Gasteiger partial charge in [-0.1, -0.05) is 6.07 Å². The first-order valence-electron chi connectivity index (χ1n) is 5.19. The fourth-order valence-corrected chi connectivity index (χ4v) is 1.32. The molecule has 78 valence electrons. The third kappa shape index (κ3) is 3.85. The van der Waals surface area contributed by atoms with Crippen LogP contribution in [0.1, 0.15) is 31.5 Å². The van der Waals surface area contributed by atoms with E-state index in [0.29, 0.717) is 6.04 Å². The van der Waals surface area contributed by atoms with Gasteiger partial charge in [0.05, 0.1) is 5.69 Å². The molecular weight excluding hydrogens is 174 g/mol. The van der Waals surface area contributed by atoms with Gasteiger partial charge in [-0.25, -0.2) is 0 Å². The van der Waals surface area contributed by atoms with Gasteiger partial charge in [0.2, 0.25) is 0 Å². The molecule has 3 heteroatoms. The largest absolute Gasteiger partial charge is 0.330 e. The Morgan fingerprint density at radius 2 is 2.29 bits per heavy atom. The maximum Gasteiger partial charge on any atom is 0.0570 e. The zero-order valence-electron chi connectivity index (χ0n) is 8.74. The highest BCUT2D eigenvalue weighted by Gasteiger charge is 2.03. The van der Waals surface area contributed by atoms with Crippen molar-refractivity contribution in [3.63, 3.8) is 0 Å². The Balaban J connectivity index is 2.25. The summed E-state index contributed by atoms with van der Waals surface area (Å²) in [6.07, 6.45) is 4.04. The fraction of sp³-hybridized carbons (Fsp3) is 0.545. The summed E-state index contributed by atoms with van der Waals surface area (Å²) in [5.41, 5.74) is 6.51. The standard InChI is InChI=1S/C11H19N3/c1-10(13-8-5-3-7-12)11-6-2-4-9-14-11/h2,4,6,9-10,13H,3,5,7-8,12H2,1H3. The van der Waals surface area contributed by atoms with Gasteiger partial charge in [-0.05, 0) is 45.0 Å². The van der Waals surface area contributed by atoms with E-state index in [1.165, 1.54) is 0 Å². The zero-order chi connectivity index (χ0) is 10.2. The van der Waals surface area contributed by atoms with Crippen molar-refractivity contribution in [1.29, 1.82) is 0 Å². The van der Waals surface area contributed by atoms with E-state index in [1.807, 2.05) is 24.4 Å². The summed E-state index contributed by atoms with van der Waals surface area (Å²) in [6, 6.07) is 6.32. The summed E-state index contributed by atoms with van der Waals surface area (Å²) in [4.78, 5) is 4.29. The first-order valence-corrected chi connectivity index (χ1v) is 5.19. The monoisotopic (exact) mass is 193 g/mol. The minimum Gasteiger partial charge on any atom is -0.330 e. The van der Waals surface area contributed by atoms with Crippen molar-refractivity contribution in [2.24, 2.45) is 5.73 Å². The number of nitrogens with zero attached hydrogens (tertiary/aromatic N) is 1. The molecule has 0 aromatic carbocycles. The topological polar surface area (TPSA) is 50.9 Å². The number of aromatic nitrogens is 1. The fourth-order valence-electron chi connectivity index (χ4n) is 1.32. The van der Waals surface area contributed by atoms with Gasteiger partial charge in [0.15, 0.2) is 0 Å². The maximum absolute atomic E-state index is 5.42. The lowest BCUT2D eigenvalue weighted by Gasteiger charge is -2.12. The van der Waals surface area contributed by atoms with E-state index in [1.54, 1.807) is 0 Å². The summed E-state index contributed by atoms with van der Waals surface area (Å²) in [7, 11) is 0. The highest BCUT2D eigenvalue weighted by Crippen LogP contribution is 2.07. The van der Waals surface area contributed by atoms with Crippen LogP contribution in [0.15, 0.2) is 24.4 Å². The van der Waals surface area contributed by atoms with Crippen LogP contribution >= 0.6 is 0 Å². The third-order valence-electron chi connectivity index (χ3n) is 2.21. The first-order chi connectivity index (χ1) is 6.84. The van der Waals surface area contributed by atoms with Crippen LogP contribution < -0.4 is 11.1 Å². The summed E-state index contributed by atoms with van der Waals surface area (Å²) in [5.74, 6) is 0. The third-order valence-corrected chi connectivity index (χ3v) is 2.21. The van der Waals surface area contributed by atoms with Gasteiger partial charge in [0.25, 0.3) is 0 Å². The van der Waals surface area contributed by atoms with E-state index in [-0.39, 0.29) is 0 Å². The minimum atomic E-state index is 0.328. The minimum absolute atomic E-state index is 0.328. The molecule has 3 nitrogen and oxygen atoms in total. The second-order valence-electron chi connectivity index (χ2n) is 3.43. The molecule has 0 saturated heterocycles. The highest BCUT2D eigenvalue weighted by atomic mass is 14.9. The average molecular weight is 193 g/mol. The van der Waals surface area contributed by atoms with Crippen LogP contribution in [0.5, 0.6) is 0 Å². The molecule has 1 atom stereocenters. The quantitative estimate of drug-likeness (QED) is 0.673. The van der Waals surface area contributed by atoms with Gasteiger partial charge < -0.3 is 11.1 Å². The SMILES string of the molecule is CC(NCCCCN)c1ccccn1. The lowest BCUT2D eigenvalue weighted by atomic mass is 10.2. The predicted molar refractivity (Wildman–Crippen MR) is 58.9 cm³/mol. The highest BCUT2D eigenvalue weighted by molar-refractivity contribution is 5.07. The van der Waals surface area contributed by atoms with Crippen molar-refractivity contribution in [1.82, 2.24) is 10.3 Å². The Labute approximate surface area is 85.7 Å². The number of unbranched alkanes of at least 4 members (excludes halogenated alkanes) is 1. The van der Waals surface area contributed by atoms with Crippen molar-refractivity contribution in [2.75, 3.05) is 13.1 Å². The van der Waals surface area contributed by atoms with Crippen LogP contribution in [0.4, 0.5) is 0 Å². The summed E-state index contributed by atoms with van der Waals surface area (Å²) >= 11 is 0. The lowest BCUT2D eigenvalue weighted by Crippen LogP contribution is -2.21. The smallest absolute Gasteiger partial charge is 0.0570 e. The second kappa shape index (κ2) is 6.51. The Hall–Kier alpha value is -0.930. The summed E-state index contributed by atoms with van der Waals surface area (Å²) < 4.78 is 0. The zero-order valence-corrected chi connectivity index (χ0v) is 8.74. The number of nitrogens with two attached hydrogens (primary N) is 1. The molecule has 1 rings (SSSR count). The molecule has 1 aromatic heterocycles. The number of nitrogens with one attached hydrogen (secondary N) is 1. The van der Waals surface area contributed by atoms with Crippen molar-refractivity contribution in [2.45, 2.75) is 25.8 Å². The Kier molecular flexibility index (Phi) is 5.19. The summed E-state index contributed by atoms with van der Waals surface area (Å²) in [5, 5.41) is 3.42. The van der Waals surface area contributed by atoms with Crippen LogP contribution in [0.2, 0.25) is 0 Å². The normalized spacial score (nSPS) is 12.7. The number of hydrogen-bond donors (Lipinski definition) is 2. The van der Waals surface area contributed by atoms with E-state index in [0.717, 1.165) is 31.6 Å². The van der Waals surface area contributed by atoms with Crippen molar-refractivity contribution < 1.29 is 0 Å². The van der Waals surface area contributed by atoms with Gasteiger partial charge in [-0.3, -0.25) is 4.98 Å². The Bertz CT molecular complexity index is 236. The molecule has 0 aliphatic rings. The van der Waals surface area contributed by atoms with Crippen LogP contribution in [0.25, 0.3) is 0 Å². The van der Waals surface area contributed by atoms with E-state index in [4.69, 9.17) is 5.73 Å². The maximum atomic E-state index is 5.42. The van der Waals surface area contributed by atoms with Crippen molar-refractivity contribution >= 4 is 0 Å². The van der Waals surface area contributed by atoms with E-state index in [2.05, 4.69) is 17.2 Å². The van der Waals surface area contributed by atoms with Gasteiger partial charge in [-0.15, -0.1) is 0 Å². The molecule has 1 unspecified atom stereocenters. The molecule has 1 heterocycles. The van der Waals surface area contributed by atoms with E-state index in [9.17, 15) is 0 Å². The van der Waals surface area contributed by atoms with Gasteiger partial charge in [0.1, 0.15) is 0 Å². The Morgan fingerprint density at radius 3 is 2.93 bits per heavy atom.